The van der Waals surface area contributed by atoms with E-state index in [1.54, 1.807) is 11.3 Å². The van der Waals surface area contributed by atoms with Gasteiger partial charge in [0.25, 0.3) is 0 Å². The molecule has 1 fully saturated rings. The normalized spacial score (nSPS) is 19.3. The number of hydrogen-bond acceptors (Lipinski definition) is 4. The zero-order valence-corrected chi connectivity index (χ0v) is 17.6. The second-order valence-electron chi connectivity index (χ2n) is 6.35. The number of carbonyl (C=O) groups is 1. The Morgan fingerprint density at radius 3 is 2.69 bits per heavy atom. The fourth-order valence-electron chi connectivity index (χ4n) is 3.28. The van der Waals surface area contributed by atoms with Crippen LogP contribution in [-0.4, -0.2) is 17.8 Å². The molecule has 0 amide bonds. The van der Waals surface area contributed by atoms with Crippen LogP contribution in [0.1, 0.15) is 19.8 Å². The second kappa shape index (κ2) is 7.75. The summed E-state index contributed by atoms with van der Waals surface area (Å²) in [6.45, 7) is 2.33. The maximum atomic E-state index is 12.0. The van der Waals surface area contributed by atoms with Crippen molar-refractivity contribution in [3.63, 3.8) is 0 Å². The van der Waals surface area contributed by atoms with Crippen LogP contribution in [-0.2, 0) is 9.53 Å². The number of thiophene rings is 1. The fourth-order valence-corrected chi connectivity index (χ4v) is 6.48. The Bertz CT molecular complexity index is 950. The molecule has 2 atom stereocenters. The van der Waals surface area contributed by atoms with Crippen molar-refractivity contribution in [2.75, 3.05) is 6.61 Å². The van der Waals surface area contributed by atoms with Gasteiger partial charge in [0.1, 0.15) is 0 Å². The number of fused-ring (bicyclic) bond motifs is 1. The minimum absolute atomic E-state index is 0.0352. The lowest BCUT2D eigenvalue weighted by Crippen LogP contribution is -2.36. The highest BCUT2D eigenvalue weighted by atomic mass is 79.9. The largest absolute Gasteiger partial charge is 0.466 e. The molecular formula is C21H19BrO2S2. The summed E-state index contributed by atoms with van der Waals surface area (Å²) in [6.07, 6.45) is 2.04. The van der Waals surface area contributed by atoms with Crippen LogP contribution in [0.2, 0.25) is 0 Å². The summed E-state index contributed by atoms with van der Waals surface area (Å²) in [5, 5.41) is 2.84. The van der Waals surface area contributed by atoms with Gasteiger partial charge in [0, 0.05) is 14.6 Å². The first-order chi connectivity index (χ1) is 12.7. The molecule has 134 valence electrons. The molecular weight excluding hydrogens is 428 g/mol. The highest BCUT2D eigenvalue weighted by molar-refractivity contribution is 9.10. The van der Waals surface area contributed by atoms with Crippen molar-refractivity contribution in [2.45, 2.75) is 29.2 Å². The lowest BCUT2D eigenvalue weighted by atomic mass is 9.85. The third-order valence-electron chi connectivity index (χ3n) is 4.79. The van der Waals surface area contributed by atoms with Gasteiger partial charge >= 0.3 is 5.97 Å². The van der Waals surface area contributed by atoms with E-state index in [1.807, 2.05) is 18.7 Å². The van der Waals surface area contributed by atoms with Crippen molar-refractivity contribution in [1.29, 1.82) is 0 Å². The van der Waals surface area contributed by atoms with Crippen molar-refractivity contribution < 1.29 is 9.53 Å². The molecule has 0 N–H and O–H groups in total. The van der Waals surface area contributed by atoms with Crippen LogP contribution in [0, 0.1) is 5.92 Å². The summed E-state index contributed by atoms with van der Waals surface area (Å²) in [4.78, 5) is 13.3. The van der Waals surface area contributed by atoms with Gasteiger partial charge in [0.05, 0.1) is 16.7 Å². The number of hydrogen-bond donors (Lipinski definition) is 0. The first kappa shape index (κ1) is 18.1. The summed E-state index contributed by atoms with van der Waals surface area (Å²) < 4.78 is 7.58. The molecule has 0 aliphatic heterocycles. The lowest BCUT2D eigenvalue weighted by Gasteiger charge is -2.33. The van der Waals surface area contributed by atoms with Crippen molar-refractivity contribution >= 4 is 55.8 Å². The molecule has 1 heterocycles. The maximum absolute atomic E-state index is 12.0. The number of halogens is 1. The minimum atomic E-state index is -0.0352. The zero-order valence-electron chi connectivity index (χ0n) is 14.4. The molecule has 5 heteroatoms. The number of thioether (sulfide) groups is 1. The topological polar surface area (TPSA) is 26.3 Å². The molecule has 0 radical (unpaired) electrons. The molecule has 26 heavy (non-hydrogen) atoms. The van der Waals surface area contributed by atoms with Crippen molar-refractivity contribution in [3.05, 3.63) is 53.0 Å². The van der Waals surface area contributed by atoms with Crippen LogP contribution >= 0.6 is 39.0 Å². The summed E-state index contributed by atoms with van der Waals surface area (Å²) in [6, 6.07) is 17.1. The SMILES string of the molecule is CCOC(=O)C1CCC1Sc1ccc(-c2ccc(Br)c3ccccc23)s1. The molecule has 1 aliphatic carbocycles. The molecule has 0 saturated heterocycles. The van der Waals surface area contributed by atoms with E-state index in [2.05, 4.69) is 64.5 Å². The molecule has 1 aliphatic rings. The van der Waals surface area contributed by atoms with E-state index in [1.165, 1.54) is 25.4 Å². The maximum Gasteiger partial charge on any atom is 0.310 e. The van der Waals surface area contributed by atoms with Gasteiger partial charge in [0.15, 0.2) is 0 Å². The quantitative estimate of drug-likeness (QED) is 0.404. The Hall–Kier alpha value is -1.30. The predicted octanol–water partition coefficient (Wildman–Crippen LogP) is 6.76. The number of rotatable bonds is 5. The van der Waals surface area contributed by atoms with Crippen molar-refractivity contribution in [1.82, 2.24) is 0 Å². The third kappa shape index (κ3) is 3.45. The summed E-state index contributed by atoms with van der Waals surface area (Å²) in [7, 11) is 0. The van der Waals surface area contributed by atoms with E-state index in [-0.39, 0.29) is 11.9 Å². The molecule has 1 saturated carbocycles. The van der Waals surface area contributed by atoms with Crippen LogP contribution in [0.5, 0.6) is 0 Å². The van der Waals surface area contributed by atoms with Crippen molar-refractivity contribution in [2.24, 2.45) is 5.92 Å². The Morgan fingerprint density at radius 2 is 1.96 bits per heavy atom. The second-order valence-corrected chi connectivity index (χ2v) is 9.83. The molecule has 2 unspecified atom stereocenters. The molecule has 0 bridgehead atoms. The van der Waals surface area contributed by atoms with Crippen LogP contribution in [0.25, 0.3) is 21.2 Å². The van der Waals surface area contributed by atoms with E-state index < -0.39 is 0 Å². The first-order valence-corrected chi connectivity index (χ1v) is 11.3. The highest BCUT2D eigenvalue weighted by Crippen LogP contribution is 2.46. The molecule has 2 nitrogen and oxygen atoms in total. The van der Waals surface area contributed by atoms with Crippen molar-refractivity contribution in [3.8, 4) is 10.4 Å². The molecule has 1 aromatic heterocycles. The average Bonchev–Trinajstić information content (AvgIpc) is 3.08. The molecule has 2 aromatic carbocycles. The zero-order chi connectivity index (χ0) is 18.1. The van der Waals surface area contributed by atoms with Gasteiger partial charge in [-0.25, -0.2) is 0 Å². The average molecular weight is 447 g/mol. The van der Waals surface area contributed by atoms with Gasteiger partial charge in [0.2, 0.25) is 0 Å². The Labute approximate surface area is 170 Å². The molecule has 3 aromatic rings. The van der Waals surface area contributed by atoms with Gasteiger partial charge in [-0.15, -0.1) is 23.1 Å². The number of ether oxygens (including phenoxy) is 1. The van der Waals surface area contributed by atoms with Gasteiger partial charge in [-0.1, -0.05) is 46.3 Å². The number of carbonyl (C=O) groups excluding carboxylic acids is 1. The number of esters is 1. The van der Waals surface area contributed by atoms with Gasteiger partial charge in [-0.3, -0.25) is 4.79 Å². The van der Waals surface area contributed by atoms with Crippen LogP contribution < -0.4 is 0 Å². The molecule has 0 spiro atoms. The molecule has 4 rings (SSSR count). The first-order valence-electron chi connectivity index (χ1n) is 8.78. The van der Waals surface area contributed by atoms with Gasteiger partial charge in [-0.05, 0) is 54.3 Å². The summed E-state index contributed by atoms with van der Waals surface area (Å²) in [5.74, 6) is 0.0194. The van der Waals surface area contributed by atoms with Gasteiger partial charge in [-0.2, -0.15) is 0 Å². The van der Waals surface area contributed by atoms with E-state index in [0.29, 0.717) is 11.9 Å². The van der Waals surface area contributed by atoms with E-state index in [0.717, 1.165) is 17.3 Å². The monoisotopic (exact) mass is 446 g/mol. The van der Waals surface area contributed by atoms with E-state index in [4.69, 9.17) is 4.74 Å². The summed E-state index contributed by atoms with van der Waals surface area (Å²) >= 11 is 7.28. The highest BCUT2D eigenvalue weighted by Gasteiger charge is 2.38. The van der Waals surface area contributed by atoms with E-state index >= 15 is 0 Å². The van der Waals surface area contributed by atoms with Crippen LogP contribution in [0.4, 0.5) is 0 Å². The minimum Gasteiger partial charge on any atom is -0.466 e. The Morgan fingerprint density at radius 1 is 1.15 bits per heavy atom. The number of benzene rings is 2. The lowest BCUT2D eigenvalue weighted by molar-refractivity contribution is -0.150. The fraction of sp³-hybridized carbons (Fsp3) is 0.286. The van der Waals surface area contributed by atoms with Crippen LogP contribution in [0.15, 0.2) is 57.2 Å². The smallest absolute Gasteiger partial charge is 0.310 e. The Kier molecular flexibility index (Phi) is 5.39. The third-order valence-corrected chi connectivity index (χ3v) is 8.16. The predicted molar refractivity (Wildman–Crippen MR) is 114 cm³/mol. The summed E-state index contributed by atoms with van der Waals surface area (Å²) in [5.41, 5.74) is 1.26. The van der Waals surface area contributed by atoms with E-state index in [9.17, 15) is 4.79 Å². The van der Waals surface area contributed by atoms with Crippen LogP contribution in [0.3, 0.4) is 0 Å². The Balaban J connectivity index is 1.56. The standard InChI is InChI=1S/C21H19BrO2S2/c1-2-24-21(23)16-8-10-19(16)26-20-12-11-18(25-20)15-7-9-17(22)14-6-4-3-5-13(14)15/h3-7,9,11-12,16,19H,2,8,10H2,1H3. The van der Waals surface area contributed by atoms with Gasteiger partial charge < -0.3 is 4.74 Å².